The van der Waals surface area contributed by atoms with E-state index >= 15 is 0 Å². The van der Waals surface area contributed by atoms with Gasteiger partial charge in [0.15, 0.2) is 0 Å². The normalized spacial score (nSPS) is 12.9. The second kappa shape index (κ2) is 58.4. The third kappa shape index (κ3) is 55.0. The van der Waals surface area contributed by atoms with Gasteiger partial charge < -0.3 is 20.3 Å². The van der Waals surface area contributed by atoms with Crippen LogP contribution in [0.2, 0.25) is 0 Å². The maximum absolute atomic E-state index is 12.4. The first-order valence-electron chi connectivity index (χ1n) is 30.4. The van der Waals surface area contributed by atoms with E-state index in [1.807, 2.05) is 6.08 Å². The molecule has 0 aliphatic carbocycles. The van der Waals surface area contributed by atoms with E-state index in [-0.39, 0.29) is 18.5 Å². The predicted molar refractivity (Wildman–Crippen MR) is 301 cm³/mol. The van der Waals surface area contributed by atoms with Crippen LogP contribution in [0.1, 0.15) is 316 Å². The van der Waals surface area contributed by atoms with Crippen molar-refractivity contribution in [2.45, 2.75) is 328 Å². The second-order valence-electron chi connectivity index (χ2n) is 20.7. The molecular formula is C63H117NO5. The van der Waals surface area contributed by atoms with Gasteiger partial charge in [-0.3, -0.25) is 9.59 Å². The average Bonchev–Trinajstić information content (AvgIpc) is 3.35. The molecule has 6 heteroatoms. The van der Waals surface area contributed by atoms with Crippen molar-refractivity contribution < 1.29 is 24.5 Å². The minimum Gasteiger partial charge on any atom is -0.466 e. The number of allylic oxidation sites excluding steroid dienone is 7. The Kier molecular flexibility index (Phi) is 56.5. The molecule has 1 amide bonds. The SMILES string of the molecule is CCCCCC/C=C\C/C=C\CCCCCCCCCC(=O)OCCCCCCCCCCCCC/C=C\CCCCCCCCCC(=O)NC(CO)C(O)/C=C/CCCCCCCCCCCC. The highest BCUT2D eigenvalue weighted by atomic mass is 16.5. The summed E-state index contributed by atoms with van der Waals surface area (Å²) in [7, 11) is 0. The van der Waals surface area contributed by atoms with Crippen LogP contribution in [0.5, 0.6) is 0 Å². The fraction of sp³-hybridized carbons (Fsp3) is 0.841. The molecule has 0 rings (SSSR count). The molecule has 3 N–H and O–H groups in total. The number of carbonyl (C=O) groups is 2. The van der Waals surface area contributed by atoms with Crippen molar-refractivity contribution in [3.63, 3.8) is 0 Å². The van der Waals surface area contributed by atoms with Gasteiger partial charge in [0.25, 0.3) is 0 Å². The number of aliphatic hydroxyl groups is 2. The molecule has 0 bridgehead atoms. The summed E-state index contributed by atoms with van der Waals surface area (Å²) < 4.78 is 5.49. The van der Waals surface area contributed by atoms with Crippen molar-refractivity contribution in [1.82, 2.24) is 5.32 Å². The number of esters is 1. The number of nitrogens with one attached hydrogen (secondary N) is 1. The highest BCUT2D eigenvalue weighted by molar-refractivity contribution is 5.76. The van der Waals surface area contributed by atoms with Crippen LogP contribution in [0, 0.1) is 0 Å². The Labute approximate surface area is 429 Å². The first kappa shape index (κ1) is 66.8. The number of rotatable bonds is 56. The summed E-state index contributed by atoms with van der Waals surface area (Å²) in [5, 5.41) is 23.0. The minimum absolute atomic E-state index is 0.00160. The van der Waals surface area contributed by atoms with Gasteiger partial charge in [0, 0.05) is 12.8 Å². The molecule has 0 aromatic rings. The first-order valence-corrected chi connectivity index (χ1v) is 30.4. The lowest BCUT2D eigenvalue weighted by molar-refractivity contribution is -0.143. The lowest BCUT2D eigenvalue weighted by Gasteiger charge is -2.20. The molecule has 0 aliphatic heterocycles. The van der Waals surface area contributed by atoms with Gasteiger partial charge in [0.2, 0.25) is 5.91 Å². The highest BCUT2D eigenvalue weighted by Crippen LogP contribution is 2.16. The molecule has 404 valence electrons. The second-order valence-corrected chi connectivity index (χ2v) is 20.7. The zero-order valence-electron chi connectivity index (χ0n) is 46.0. The maximum Gasteiger partial charge on any atom is 0.305 e. The molecule has 0 saturated carbocycles. The first-order chi connectivity index (χ1) is 34.0. The lowest BCUT2D eigenvalue weighted by Crippen LogP contribution is -2.45. The van der Waals surface area contributed by atoms with Gasteiger partial charge in [-0.05, 0) is 89.9 Å². The van der Waals surface area contributed by atoms with E-state index < -0.39 is 12.1 Å². The number of aliphatic hydroxyl groups excluding tert-OH is 2. The summed E-state index contributed by atoms with van der Waals surface area (Å²) in [6.07, 6.45) is 74.3. The van der Waals surface area contributed by atoms with E-state index in [0.29, 0.717) is 19.4 Å². The van der Waals surface area contributed by atoms with Crippen LogP contribution in [0.25, 0.3) is 0 Å². The molecule has 0 aromatic heterocycles. The van der Waals surface area contributed by atoms with Crippen LogP contribution in [0.4, 0.5) is 0 Å². The molecule has 6 nitrogen and oxygen atoms in total. The van der Waals surface area contributed by atoms with Crippen molar-refractivity contribution >= 4 is 11.9 Å². The summed E-state index contributed by atoms with van der Waals surface area (Å²) in [6.45, 7) is 4.87. The van der Waals surface area contributed by atoms with E-state index in [1.54, 1.807) is 6.08 Å². The topological polar surface area (TPSA) is 95.9 Å². The van der Waals surface area contributed by atoms with Crippen LogP contribution >= 0.6 is 0 Å². The van der Waals surface area contributed by atoms with Gasteiger partial charge >= 0.3 is 5.97 Å². The van der Waals surface area contributed by atoms with Crippen molar-refractivity contribution in [2.75, 3.05) is 13.2 Å². The van der Waals surface area contributed by atoms with Gasteiger partial charge in [-0.15, -0.1) is 0 Å². The fourth-order valence-electron chi connectivity index (χ4n) is 9.13. The smallest absolute Gasteiger partial charge is 0.305 e. The van der Waals surface area contributed by atoms with Gasteiger partial charge in [0.1, 0.15) is 0 Å². The van der Waals surface area contributed by atoms with E-state index in [2.05, 4.69) is 55.6 Å². The minimum atomic E-state index is -0.848. The lowest BCUT2D eigenvalue weighted by atomic mass is 10.0. The largest absolute Gasteiger partial charge is 0.466 e. The molecule has 69 heavy (non-hydrogen) atoms. The molecular weight excluding hydrogens is 851 g/mol. The van der Waals surface area contributed by atoms with Crippen LogP contribution < -0.4 is 5.32 Å². The summed E-state index contributed by atoms with van der Waals surface area (Å²) in [4.78, 5) is 24.5. The van der Waals surface area contributed by atoms with Crippen LogP contribution in [-0.2, 0) is 14.3 Å². The van der Waals surface area contributed by atoms with Crippen LogP contribution in [-0.4, -0.2) is 47.4 Å². The summed E-state index contributed by atoms with van der Waals surface area (Å²) in [5.74, 6) is -0.0745. The van der Waals surface area contributed by atoms with Crippen molar-refractivity contribution in [2.24, 2.45) is 0 Å². The molecule has 0 aliphatic rings. The zero-order valence-corrected chi connectivity index (χ0v) is 46.0. The number of hydrogen-bond donors (Lipinski definition) is 3. The Morgan fingerprint density at radius 3 is 1.13 bits per heavy atom. The summed E-state index contributed by atoms with van der Waals surface area (Å²) in [5.41, 5.74) is 0. The number of ether oxygens (including phenoxy) is 1. The number of unbranched alkanes of at least 4 members (excludes halogenated alkanes) is 39. The summed E-state index contributed by atoms with van der Waals surface area (Å²) in [6, 6.07) is -0.633. The number of amides is 1. The van der Waals surface area contributed by atoms with Crippen LogP contribution in [0.3, 0.4) is 0 Å². The average molecular weight is 969 g/mol. The third-order valence-electron chi connectivity index (χ3n) is 13.8. The van der Waals surface area contributed by atoms with Crippen LogP contribution in [0.15, 0.2) is 48.6 Å². The Balaban J connectivity index is 3.42. The van der Waals surface area contributed by atoms with Crippen molar-refractivity contribution in [3.05, 3.63) is 48.6 Å². The van der Waals surface area contributed by atoms with Gasteiger partial charge in [-0.1, -0.05) is 262 Å². The Morgan fingerprint density at radius 2 is 0.725 bits per heavy atom. The molecule has 0 radical (unpaired) electrons. The molecule has 0 aromatic carbocycles. The molecule has 0 spiro atoms. The summed E-state index contributed by atoms with van der Waals surface area (Å²) >= 11 is 0. The molecule has 2 unspecified atom stereocenters. The van der Waals surface area contributed by atoms with E-state index in [1.165, 1.54) is 231 Å². The quantitative estimate of drug-likeness (QED) is 0.0321. The Bertz CT molecular complexity index is 1160. The fourth-order valence-corrected chi connectivity index (χ4v) is 9.13. The number of carbonyl (C=O) groups excluding carboxylic acids is 2. The van der Waals surface area contributed by atoms with E-state index in [0.717, 1.165) is 57.8 Å². The van der Waals surface area contributed by atoms with Gasteiger partial charge in [-0.2, -0.15) is 0 Å². The Morgan fingerprint density at radius 1 is 0.406 bits per heavy atom. The molecule has 0 saturated heterocycles. The standard InChI is InChI=1S/C63H117NO5/c1-3-5-7-9-11-13-15-17-18-19-27-30-33-37-41-45-49-53-57-63(68)69-58-54-50-46-42-38-34-31-28-25-23-21-20-22-24-26-29-32-36-40-44-48-52-56-62(67)64-60(59-65)61(66)55-51-47-43-39-35-16-14-12-10-8-6-4-2/h13,15,18-19,22,24,51,55,60-61,65-66H,3-12,14,16-17,20-21,23,25-50,52-54,56-59H2,1-2H3,(H,64,67)/b15-13-,19-18-,24-22-,55-51+. The number of hydrogen-bond acceptors (Lipinski definition) is 5. The van der Waals surface area contributed by atoms with Gasteiger partial charge in [-0.25, -0.2) is 0 Å². The zero-order chi connectivity index (χ0) is 50.0. The van der Waals surface area contributed by atoms with Crippen molar-refractivity contribution in [1.29, 1.82) is 0 Å². The van der Waals surface area contributed by atoms with Crippen molar-refractivity contribution in [3.8, 4) is 0 Å². The van der Waals surface area contributed by atoms with E-state index in [9.17, 15) is 19.8 Å². The van der Waals surface area contributed by atoms with E-state index in [4.69, 9.17) is 4.74 Å². The molecule has 2 atom stereocenters. The maximum atomic E-state index is 12.4. The monoisotopic (exact) mass is 968 g/mol. The molecule has 0 heterocycles. The van der Waals surface area contributed by atoms with Gasteiger partial charge in [0.05, 0.1) is 25.4 Å². The third-order valence-corrected chi connectivity index (χ3v) is 13.8. The Hall–Kier alpha value is -2.18. The highest BCUT2D eigenvalue weighted by Gasteiger charge is 2.18. The molecule has 0 fully saturated rings. The predicted octanol–water partition coefficient (Wildman–Crippen LogP) is 19.0.